The molecule has 0 fully saturated rings. The topological polar surface area (TPSA) is 0 Å². The van der Waals surface area contributed by atoms with Crippen molar-refractivity contribution in [1.82, 2.24) is 0 Å². The van der Waals surface area contributed by atoms with E-state index in [2.05, 4.69) is 44.2 Å². The minimum atomic E-state index is 0.296. The largest absolute Gasteiger partial charge is 0.161 e. The molecule has 1 heterocycles. The smallest absolute Gasteiger partial charge is 0.0227 e. The zero-order valence-electron chi connectivity index (χ0n) is 8.50. The molecular formula is C12H16S. The Balaban J connectivity index is 2.33. The molecule has 2 rings (SSSR count). The standard InChI is InChI=1S/C12H16S/c1-5-6-10-7-13(4)9(3)11-8(2)12(10)11/h5-8,10H,3H2,1-2,4H3/b6-5-. The third-order valence-corrected chi connectivity index (χ3v) is 4.62. The maximum atomic E-state index is 4.16. The Morgan fingerprint density at radius 2 is 2.23 bits per heavy atom. The number of rotatable bonds is 1. The third kappa shape index (κ3) is 1.26. The van der Waals surface area contributed by atoms with Gasteiger partial charge in [0.25, 0.3) is 0 Å². The van der Waals surface area contributed by atoms with Crippen molar-refractivity contribution < 1.29 is 0 Å². The lowest BCUT2D eigenvalue weighted by molar-refractivity contribution is 0.934. The van der Waals surface area contributed by atoms with E-state index in [0.29, 0.717) is 22.3 Å². The average molecular weight is 192 g/mol. The van der Waals surface area contributed by atoms with E-state index in [1.165, 1.54) is 4.91 Å². The fourth-order valence-electron chi connectivity index (χ4n) is 2.13. The van der Waals surface area contributed by atoms with Crippen LogP contribution < -0.4 is 0 Å². The molecule has 2 aliphatic rings. The van der Waals surface area contributed by atoms with Crippen molar-refractivity contribution in [2.75, 3.05) is 6.26 Å². The Bertz CT molecular complexity index is 355. The van der Waals surface area contributed by atoms with Crippen LogP contribution in [0, 0.1) is 11.8 Å². The normalized spacial score (nSPS) is 37.8. The SMILES string of the molecule is C=C1C2=C(C(/C=C\C)C=S1C)C2C. The van der Waals surface area contributed by atoms with Crippen LogP contribution in [0.4, 0.5) is 0 Å². The lowest BCUT2D eigenvalue weighted by atomic mass is 10.1. The molecule has 0 aromatic heterocycles. The van der Waals surface area contributed by atoms with Gasteiger partial charge in [0.2, 0.25) is 0 Å². The molecule has 3 unspecified atom stereocenters. The maximum Gasteiger partial charge on any atom is 0.0227 e. The van der Waals surface area contributed by atoms with Gasteiger partial charge in [-0.25, -0.2) is 0 Å². The number of hydrogen-bond donors (Lipinski definition) is 0. The zero-order valence-corrected chi connectivity index (χ0v) is 9.32. The first-order valence-electron chi connectivity index (χ1n) is 4.72. The predicted octanol–water partition coefficient (Wildman–Crippen LogP) is 3.35. The van der Waals surface area contributed by atoms with Gasteiger partial charge in [0.1, 0.15) is 0 Å². The van der Waals surface area contributed by atoms with Crippen LogP contribution in [0.2, 0.25) is 0 Å². The Hall–Kier alpha value is -0.560. The maximum absolute atomic E-state index is 4.16. The van der Waals surface area contributed by atoms with Crippen LogP contribution in [0.25, 0.3) is 0 Å². The summed E-state index contributed by atoms with van der Waals surface area (Å²) >= 11 is 0. The predicted molar refractivity (Wildman–Crippen MR) is 63.2 cm³/mol. The van der Waals surface area contributed by atoms with Gasteiger partial charge in [-0.3, -0.25) is 0 Å². The van der Waals surface area contributed by atoms with Gasteiger partial charge in [-0.2, -0.15) is 10.5 Å². The van der Waals surface area contributed by atoms with Crippen LogP contribution in [0.1, 0.15) is 13.8 Å². The van der Waals surface area contributed by atoms with Crippen molar-refractivity contribution in [3.05, 3.63) is 34.8 Å². The van der Waals surface area contributed by atoms with Crippen LogP contribution in [-0.4, -0.2) is 11.6 Å². The van der Waals surface area contributed by atoms with E-state index >= 15 is 0 Å². The van der Waals surface area contributed by atoms with E-state index in [0.717, 1.165) is 0 Å². The molecule has 0 amide bonds. The highest BCUT2D eigenvalue weighted by Crippen LogP contribution is 2.55. The van der Waals surface area contributed by atoms with Crippen molar-refractivity contribution in [3.63, 3.8) is 0 Å². The fourth-order valence-corrected chi connectivity index (χ4v) is 3.62. The highest BCUT2D eigenvalue weighted by Gasteiger charge is 2.40. The Morgan fingerprint density at radius 3 is 2.85 bits per heavy atom. The molecule has 0 bridgehead atoms. The fraction of sp³-hybridized carbons (Fsp3) is 0.417. The molecule has 3 atom stereocenters. The summed E-state index contributed by atoms with van der Waals surface area (Å²) in [7, 11) is 0.296. The molecule has 0 radical (unpaired) electrons. The van der Waals surface area contributed by atoms with Gasteiger partial charge in [0, 0.05) is 11.8 Å². The van der Waals surface area contributed by atoms with E-state index in [1.807, 2.05) is 0 Å². The molecule has 0 saturated heterocycles. The molecule has 1 aliphatic heterocycles. The summed E-state index contributed by atoms with van der Waals surface area (Å²) in [5.74, 6) is 1.32. The molecule has 1 heteroatoms. The molecule has 0 spiro atoms. The van der Waals surface area contributed by atoms with Gasteiger partial charge in [-0.15, -0.1) is 0 Å². The van der Waals surface area contributed by atoms with E-state index in [9.17, 15) is 0 Å². The van der Waals surface area contributed by atoms with Crippen molar-refractivity contribution in [3.8, 4) is 0 Å². The second-order valence-corrected chi connectivity index (χ2v) is 5.64. The van der Waals surface area contributed by atoms with Gasteiger partial charge < -0.3 is 0 Å². The van der Waals surface area contributed by atoms with Crippen LogP contribution in [-0.2, 0) is 0 Å². The Kier molecular flexibility index (Phi) is 2.07. The third-order valence-electron chi connectivity index (χ3n) is 2.93. The first-order valence-corrected chi connectivity index (χ1v) is 6.42. The van der Waals surface area contributed by atoms with Crippen molar-refractivity contribution >= 4 is 15.9 Å². The molecular weight excluding hydrogens is 176 g/mol. The molecule has 1 aliphatic carbocycles. The van der Waals surface area contributed by atoms with Crippen LogP contribution in [0.3, 0.4) is 0 Å². The van der Waals surface area contributed by atoms with Crippen LogP contribution >= 0.6 is 10.5 Å². The van der Waals surface area contributed by atoms with E-state index in [4.69, 9.17) is 0 Å². The highest BCUT2D eigenvalue weighted by molar-refractivity contribution is 8.18. The zero-order chi connectivity index (χ0) is 9.59. The summed E-state index contributed by atoms with van der Waals surface area (Å²) in [4.78, 5) is 1.38. The first-order chi connectivity index (χ1) is 6.16. The average Bonchev–Trinajstić information content (AvgIpc) is 2.74. The molecule has 0 aromatic carbocycles. The van der Waals surface area contributed by atoms with Gasteiger partial charge in [-0.05, 0) is 34.6 Å². The number of hydrogen-bond acceptors (Lipinski definition) is 0. The summed E-state index contributed by atoms with van der Waals surface area (Å²) in [5.41, 5.74) is 3.19. The molecule has 0 saturated carbocycles. The van der Waals surface area contributed by atoms with Gasteiger partial charge in [0.05, 0.1) is 0 Å². The first kappa shape index (κ1) is 9.01. The van der Waals surface area contributed by atoms with Crippen molar-refractivity contribution in [2.24, 2.45) is 11.8 Å². The lowest BCUT2D eigenvalue weighted by Crippen LogP contribution is -1.99. The van der Waals surface area contributed by atoms with Crippen LogP contribution in [0.5, 0.6) is 0 Å². The molecule has 70 valence electrons. The van der Waals surface area contributed by atoms with E-state index < -0.39 is 0 Å². The second kappa shape index (κ2) is 2.98. The quantitative estimate of drug-likeness (QED) is 0.441. The van der Waals surface area contributed by atoms with Gasteiger partial charge >= 0.3 is 0 Å². The summed E-state index contributed by atoms with van der Waals surface area (Å²) < 4.78 is 0. The Morgan fingerprint density at radius 1 is 1.54 bits per heavy atom. The molecule has 0 nitrogen and oxygen atoms in total. The minimum Gasteiger partial charge on any atom is -0.161 e. The molecule has 0 N–H and O–H groups in total. The van der Waals surface area contributed by atoms with Gasteiger partial charge in [-0.1, -0.05) is 25.7 Å². The summed E-state index contributed by atoms with van der Waals surface area (Å²) in [6.07, 6.45) is 6.73. The van der Waals surface area contributed by atoms with Crippen LogP contribution in [0.15, 0.2) is 34.8 Å². The monoisotopic (exact) mass is 192 g/mol. The van der Waals surface area contributed by atoms with Crippen molar-refractivity contribution in [2.45, 2.75) is 13.8 Å². The molecule has 0 aromatic rings. The summed E-state index contributed by atoms with van der Waals surface area (Å²) in [6, 6.07) is 0. The highest BCUT2D eigenvalue weighted by atomic mass is 32.2. The summed E-state index contributed by atoms with van der Waals surface area (Å²) in [5, 5.41) is 2.44. The lowest BCUT2D eigenvalue weighted by Gasteiger charge is -2.11. The number of allylic oxidation sites excluding steroid dienone is 4. The second-order valence-electron chi connectivity index (χ2n) is 3.76. The Labute approximate surface area is 83.0 Å². The minimum absolute atomic E-state index is 0.296. The van der Waals surface area contributed by atoms with Crippen molar-refractivity contribution in [1.29, 1.82) is 0 Å². The molecule has 13 heavy (non-hydrogen) atoms. The summed E-state index contributed by atoms with van der Waals surface area (Å²) in [6.45, 7) is 8.55. The van der Waals surface area contributed by atoms with Gasteiger partial charge in [0.15, 0.2) is 0 Å². The van der Waals surface area contributed by atoms with E-state index in [-0.39, 0.29) is 0 Å². The van der Waals surface area contributed by atoms with E-state index in [1.54, 1.807) is 11.1 Å².